The number of carbonyl (C=O) groups is 3. The molecule has 6 N–H and O–H groups in total. The Bertz CT molecular complexity index is 570. The van der Waals surface area contributed by atoms with Gasteiger partial charge in [0.05, 0.1) is 19.0 Å². The molecule has 0 radical (unpaired) electrons. The van der Waals surface area contributed by atoms with Gasteiger partial charge >= 0.3 is 5.97 Å². The van der Waals surface area contributed by atoms with Gasteiger partial charge in [0.15, 0.2) is 0 Å². The largest absolute Gasteiger partial charge is 0.480 e. The number of aromatic nitrogens is 2. The number of carbonyl (C=O) groups excluding carboxylic acids is 2. The topological polar surface area (TPSA) is 156 Å². The van der Waals surface area contributed by atoms with Gasteiger partial charge in [-0.15, -0.1) is 0 Å². The van der Waals surface area contributed by atoms with Crippen molar-refractivity contribution >= 4 is 17.8 Å². The van der Waals surface area contributed by atoms with Gasteiger partial charge in [-0.3, -0.25) is 9.59 Å². The number of hydrogen-bond acceptors (Lipinski definition) is 6. The molecule has 1 aromatic heterocycles. The number of nitrogens with one attached hydrogen (secondary N) is 4. The molecule has 0 spiro atoms. The van der Waals surface area contributed by atoms with E-state index in [0.29, 0.717) is 12.1 Å². The van der Waals surface area contributed by atoms with Gasteiger partial charge in [0.25, 0.3) is 0 Å². The van der Waals surface area contributed by atoms with E-state index in [4.69, 9.17) is 0 Å². The van der Waals surface area contributed by atoms with E-state index in [0.717, 1.165) is 13.0 Å². The molecule has 10 nitrogen and oxygen atoms in total. The molecular formula is C14H21N5O5. The summed E-state index contributed by atoms with van der Waals surface area (Å²) in [6, 6.07) is -2.80. The molecule has 3 atom stereocenters. The first-order valence-electron chi connectivity index (χ1n) is 7.66. The second-order valence-electron chi connectivity index (χ2n) is 5.57. The van der Waals surface area contributed by atoms with E-state index in [-0.39, 0.29) is 12.3 Å². The molecule has 1 saturated heterocycles. The third-order valence-electron chi connectivity index (χ3n) is 3.79. The molecular weight excluding hydrogens is 318 g/mol. The number of aliphatic carboxylic acids is 1. The molecule has 1 aliphatic rings. The normalized spacial score (nSPS) is 19.5. The van der Waals surface area contributed by atoms with Gasteiger partial charge in [0.2, 0.25) is 11.8 Å². The summed E-state index contributed by atoms with van der Waals surface area (Å²) in [5.74, 6) is -2.36. The Kier molecular flexibility index (Phi) is 6.27. The van der Waals surface area contributed by atoms with Crippen LogP contribution in [0.5, 0.6) is 0 Å². The van der Waals surface area contributed by atoms with Crippen LogP contribution in [-0.4, -0.2) is 69.2 Å². The average Bonchev–Trinajstić information content (AvgIpc) is 3.24. The lowest BCUT2D eigenvalue weighted by Gasteiger charge is -2.21. The van der Waals surface area contributed by atoms with Crippen molar-refractivity contribution in [2.24, 2.45) is 0 Å². The van der Waals surface area contributed by atoms with Crippen LogP contribution < -0.4 is 16.0 Å². The minimum Gasteiger partial charge on any atom is -0.480 e. The van der Waals surface area contributed by atoms with E-state index in [9.17, 15) is 24.6 Å². The van der Waals surface area contributed by atoms with Crippen molar-refractivity contribution in [2.45, 2.75) is 37.4 Å². The fourth-order valence-corrected chi connectivity index (χ4v) is 2.46. The van der Waals surface area contributed by atoms with Crippen LogP contribution in [0.4, 0.5) is 0 Å². The number of aromatic amines is 1. The summed E-state index contributed by atoms with van der Waals surface area (Å²) in [7, 11) is 0. The lowest BCUT2D eigenvalue weighted by Crippen LogP contribution is -2.56. The van der Waals surface area contributed by atoms with E-state index in [2.05, 4.69) is 25.9 Å². The summed E-state index contributed by atoms with van der Waals surface area (Å²) < 4.78 is 0. The molecule has 1 aromatic rings. The van der Waals surface area contributed by atoms with Crippen molar-refractivity contribution < 1.29 is 24.6 Å². The second-order valence-corrected chi connectivity index (χ2v) is 5.57. The molecule has 0 aliphatic carbocycles. The third-order valence-corrected chi connectivity index (χ3v) is 3.79. The van der Waals surface area contributed by atoms with Crippen molar-refractivity contribution in [1.82, 2.24) is 25.9 Å². The number of amides is 2. The van der Waals surface area contributed by atoms with Crippen molar-refractivity contribution in [3.8, 4) is 0 Å². The van der Waals surface area contributed by atoms with Crippen LogP contribution in [0.2, 0.25) is 0 Å². The van der Waals surface area contributed by atoms with E-state index in [1.807, 2.05) is 0 Å². The number of hydrogen-bond donors (Lipinski definition) is 6. The van der Waals surface area contributed by atoms with Crippen LogP contribution >= 0.6 is 0 Å². The predicted octanol–water partition coefficient (Wildman–Crippen LogP) is -2.25. The minimum absolute atomic E-state index is 0.0113. The summed E-state index contributed by atoms with van der Waals surface area (Å²) in [4.78, 5) is 42.0. The predicted molar refractivity (Wildman–Crippen MR) is 81.9 cm³/mol. The van der Waals surface area contributed by atoms with Gasteiger partial charge in [-0.25, -0.2) is 9.78 Å². The van der Waals surface area contributed by atoms with Gasteiger partial charge in [0.1, 0.15) is 12.1 Å². The molecule has 0 aromatic carbocycles. The SMILES string of the molecule is O=C(O)[C@H](Cc1cnc[nH]1)NC(=O)[C@H](CO)NC(=O)[C@@H]1CCCN1. The number of carboxylic acid groups (broad SMARTS) is 1. The maximum Gasteiger partial charge on any atom is 0.326 e. The van der Waals surface area contributed by atoms with Gasteiger partial charge in [-0.1, -0.05) is 0 Å². The first-order chi connectivity index (χ1) is 11.5. The van der Waals surface area contributed by atoms with Gasteiger partial charge < -0.3 is 31.1 Å². The molecule has 10 heteroatoms. The average molecular weight is 339 g/mol. The summed E-state index contributed by atoms with van der Waals surface area (Å²) in [5.41, 5.74) is 0.544. The molecule has 0 bridgehead atoms. The van der Waals surface area contributed by atoms with Crippen LogP contribution in [0.1, 0.15) is 18.5 Å². The van der Waals surface area contributed by atoms with Crippen LogP contribution in [0, 0.1) is 0 Å². The number of imidazole rings is 1. The molecule has 132 valence electrons. The third kappa shape index (κ3) is 4.77. The lowest BCUT2D eigenvalue weighted by molar-refractivity contribution is -0.142. The summed E-state index contributed by atoms with van der Waals surface area (Å²) in [5, 5.41) is 26.3. The Balaban J connectivity index is 1.93. The summed E-state index contributed by atoms with van der Waals surface area (Å²) in [6.45, 7) is 0.0973. The van der Waals surface area contributed by atoms with Gasteiger partial charge in [0, 0.05) is 18.3 Å². The number of aliphatic hydroxyl groups is 1. The first kappa shape index (κ1) is 17.9. The highest BCUT2D eigenvalue weighted by Gasteiger charge is 2.29. The Morgan fingerprint density at radius 3 is 2.67 bits per heavy atom. The van der Waals surface area contributed by atoms with E-state index in [1.165, 1.54) is 12.5 Å². The molecule has 2 rings (SSSR count). The molecule has 24 heavy (non-hydrogen) atoms. The highest BCUT2D eigenvalue weighted by Crippen LogP contribution is 2.05. The maximum absolute atomic E-state index is 12.2. The van der Waals surface area contributed by atoms with Crippen LogP contribution in [-0.2, 0) is 20.8 Å². The summed E-state index contributed by atoms with van der Waals surface area (Å²) >= 11 is 0. The quantitative estimate of drug-likeness (QED) is 0.312. The Morgan fingerprint density at radius 2 is 2.12 bits per heavy atom. The number of H-pyrrole nitrogens is 1. The number of nitrogens with zero attached hydrogens (tertiary/aromatic N) is 1. The van der Waals surface area contributed by atoms with E-state index < -0.39 is 36.6 Å². The zero-order valence-electron chi connectivity index (χ0n) is 13.0. The zero-order valence-corrected chi connectivity index (χ0v) is 13.0. The standard InChI is InChI=1S/C14H21N5O5/c20-6-11(19-12(21)9-2-1-3-16-9)13(22)18-10(14(23)24)4-8-5-15-7-17-8/h5,7,9-11,16,20H,1-4,6H2,(H,15,17)(H,18,22)(H,19,21)(H,23,24)/t9-,10-,11-/m0/s1. The second kappa shape index (κ2) is 8.41. The highest BCUT2D eigenvalue weighted by atomic mass is 16.4. The van der Waals surface area contributed by atoms with E-state index >= 15 is 0 Å². The van der Waals surface area contributed by atoms with Crippen molar-refractivity contribution in [2.75, 3.05) is 13.2 Å². The van der Waals surface area contributed by atoms with Crippen molar-refractivity contribution in [1.29, 1.82) is 0 Å². The van der Waals surface area contributed by atoms with Crippen molar-refractivity contribution in [3.05, 3.63) is 18.2 Å². The molecule has 1 fully saturated rings. The van der Waals surface area contributed by atoms with Crippen molar-refractivity contribution in [3.63, 3.8) is 0 Å². The van der Waals surface area contributed by atoms with Crippen LogP contribution in [0.25, 0.3) is 0 Å². The minimum atomic E-state index is -1.22. The monoisotopic (exact) mass is 339 g/mol. The van der Waals surface area contributed by atoms with Gasteiger partial charge in [-0.2, -0.15) is 0 Å². The molecule has 0 unspecified atom stereocenters. The van der Waals surface area contributed by atoms with Gasteiger partial charge in [-0.05, 0) is 19.4 Å². The highest BCUT2D eigenvalue weighted by molar-refractivity contribution is 5.92. The van der Waals surface area contributed by atoms with E-state index in [1.54, 1.807) is 0 Å². The maximum atomic E-state index is 12.2. The number of carboxylic acids is 1. The molecule has 2 heterocycles. The Labute approximate surface area is 138 Å². The number of aliphatic hydroxyl groups excluding tert-OH is 1. The fourth-order valence-electron chi connectivity index (χ4n) is 2.46. The smallest absolute Gasteiger partial charge is 0.326 e. The zero-order chi connectivity index (χ0) is 17.5. The fraction of sp³-hybridized carbons (Fsp3) is 0.571. The van der Waals surface area contributed by atoms with Crippen LogP contribution in [0.15, 0.2) is 12.5 Å². The molecule has 2 amide bonds. The number of rotatable bonds is 8. The Hall–Kier alpha value is -2.46. The lowest BCUT2D eigenvalue weighted by atomic mass is 10.1. The first-order valence-corrected chi connectivity index (χ1v) is 7.66. The van der Waals surface area contributed by atoms with Crippen LogP contribution in [0.3, 0.4) is 0 Å². The Morgan fingerprint density at radius 1 is 1.33 bits per heavy atom. The summed E-state index contributed by atoms with van der Waals surface area (Å²) in [6.07, 6.45) is 4.39. The molecule has 0 saturated carbocycles. The molecule has 1 aliphatic heterocycles.